The predicted octanol–water partition coefficient (Wildman–Crippen LogP) is 2.23. The number of benzene rings is 1. The monoisotopic (exact) mass is 355 g/mol. The molecule has 1 rings (SSSR count). The topological polar surface area (TPSA) is 61.4 Å². The molecular weight excluding hydrogens is 334 g/mol. The van der Waals surface area contributed by atoms with E-state index in [0.29, 0.717) is 13.1 Å². The van der Waals surface area contributed by atoms with Crippen LogP contribution in [0.3, 0.4) is 0 Å². The maximum atomic E-state index is 12.2. The number of halogens is 1. The molecule has 116 valence electrons. The van der Waals surface area contributed by atoms with E-state index < -0.39 is 0 Å². The highest BCUT2D eigenvalue weighted by Gasteiger charge is 2.21. The molecule has 21 heavy (non-hydrogen) atoms. The molecule has 0 bridgehead atoms. The molecule has 1 aromatic carbocycles. The van der Waals surface area contributed by atoms with Gasteiger partial charge in [-0.25, -0.2) is 0 Å². The third-order valence-corrected chi connectivity index (χ3v) is 3.69. The third kappa shape index (κ3) is 5.85. The molecule has 0 unspecified atom stereocenters. The molecule has 6 heteroatoms. The lowest BCUT2D eigenvalue weighted by molar-refractivity contribution is -0.125. The zero-order chi connectivity index (χ0) is 15.8. The first-order valence-corrected chi connectivity index (χ1v) is 7.84. The fraction of sp³-hybridized carbons (Fsp3) is 0.467. The molecule has 2 N–H and O–H groups in total. The van der Waals surface area contributed by atoms with Crippen LogP contribution < -0.4 is 10.6 Å². The van der Waals surface area contributed by atoms with Crippen molar-refractivity contribution in [2.45, 2.75) is 26.8 Å². The van der Waals surface area contributed by atoms with Crippen LogP contribution in [0.4, 0.5) is 5.69 Å². The Labute approximate surface area is 134 Å². The summed E-state index contributed by atoms with van der Waals surface area (Å²) in [6.45, 7) is 7.05. The Hall–Kier alpha value is -1.40. The van der Waals surface area contributed by atoms with Gasteiger partial charge in [-0.1, -0.05) is 22.9 Å². The van der Waals surface area contributed by atoms with E-state index in [0.717, 1.165) is 10.2 Å². The molecule has 2 amide bonds. The fourth-order valence-electron chi connectivity index (χ4n) is 1.91. The van der Waals surface area contributed by atoms with E-state index in [1.165, 1.54) is 0 Å². The zero-order valence-corrected chi connectivity index (χ0v) is 14.2. The Morgan fingerprint density at radius 2 is 1.86 bits per heavy atom. The highest BCUT2D eigenvalue weighted by molar-refractivity contribution is 9.10. The Bertz CT molecular complexity index is 476. The Kier molecular flexibility index (Phi) is 7.39. The summed E-state index contributed by atoms with van der Waals surface area (Å²) in [6.07, 6.45) is 0. The molecule has 0 saturated carbocycles. The summed E-state index contributed by atoms with van der Waals surface area (Å²) in [6, 6.07) is 7.02. The molecule has 1 aromatic rings. The number of carbonyl (C=O) groups excluding carboxylic acids is 2. The average molecular weight is 356 g/mol. The minimum atomic E-state index is -0.374. The van der Waals surface area contributed by atoms with E-state index in [4.69, 9.17) is 0 Å². The molecule has 1 atom stereocenters. The van der Waals surface area contributed by atoms with Gasteiger partial charge in [-0.3, -0.25) is 14.5 Å². The number of likely N-dealkylation sites (N-methyl/N-ethyl adjacent to an activating group) is 2. The molecule has 5 nitrogen and oxygen atoms in total. The summed E-state index contributed by atoms with van der Waals surface area (Å²) in [5, 5.41) is 5.60. The lowest BCUT2D eigenvalue weighted by Gasteiger charge is -2.26. The SMILES string of the molecule is CCNC(=O)CN(CC)[C@H](C)C(=O)Nc1ccc(Br)cc1. The normalized spacial score (nSPS) is 12.0. The van der Waals surface area contributed by atoms with Crippen LogP contribution in [-0.4, -0.2) is 42.4 Å². The molecular formula is C15H22BrN3O2. The smallest absolute Gasteiger partial charge is 0.241 e. The molecule has 0 radical (unpaired) electrons. The van der Waals surface area contributed by atoms with Gasteiger partial charge < -0.3 is 10.6 Å². The summed E-state index contributed by atoms with van der Waals surface area (Å²) in [5.41, 5.74) is 0.740. The van der Waals surface area contributed by atoms with Crippen molar-refractivity contribution in [2.24, 2.45) is 0 Å². The predicted molar refractivity (Wildman–Crippen MR) is 88.2 cm³/mol. The van der Waals surface area contributed by atoms with Crippen molar-refractivity contribution in [1.82, 2.24) is 10.2 Å². The number of carbonyl (C=O) groups is 2. The van der Waals surface area contributed by atoms with Gasteiger partial charge in [-0.15, -0.1) is 0 Å². The molecule has 0 aliphatic rings. The fourth-order valence-corrected chi connectivity index (χ4v) is 2.17. The standard InChI is InChI=1S/C15H22BrN3O2/c1-4-17-14(20)10-19(5-2)11(3)15(21)18-13-8-6-12(16)7-9-13/h6-9,11H,4-5,10H2,1-3H3,(H,17,20)(H,18,21)/t11-/m1/s1. The van der Waals surface area contributed by atoms with Crippen molar-refractivity contribution >= 4 is 33.4 Å². The first-order valence-electron chi connectivity index (χ1n) is 7.05. The maximum absolute atomic E-state index is 12.2. The van der Waals surface area contributed by atoms with E-state index >= 15 is 0 Å². The molecule has 0 saturated heterocycles. The second-order valence-corrected chi connectivity index (χ2v) is 5.60. The lowest BCUT2D eigenvalue weighted by Crippen LogP contribution is -2.46. The van der Waals surface area contributed by atoms with E-state index in [-0.39, 0.29) is 24.4 Å². The number of rotatable bonds is 7. The minimum Gasteiger partial charge on any atom is -0.355 e. The van der Waals surface area contributed by atoms with Gasteiger partial charge in [0.2, 0.25) is 11.8 Å². The summed E-state index contributed by atoms with van der Waals surface area (Å²) < 4.78 is 0.958. The largest absolute Gasteiger partial charge is 0.355 e. The summed E-state index contributed by atoms with van der Waals surface area (Å²) in [7, 11) is 0. The molecule has 0 aliphatic heterocycles. The summed E-state index contributed by atoms with van der Waals surface area (Å²) in [4.78, 5) is 25.7. The maximum Gasteiger partial charge on any atom is 0.241 e. The van der Waals surface area contributed by atoms with Crippen molar-refractivity contribution in [3.05, 3.63) is 28.7 Å². The van der Waals surface area contributed by atoms with Crippen LogP contribution >= 0.6 is 15.9 Å². The van der Waals surface area contributed by atoms with Crippen molar-refractivity contribution in [3.8, 4) is 0 Å². The van der Waals surface area contributed by atoms with Crippen molar-refractivity contribution < 1.29 is 9.59 Å². The highest BCUT2D eigenvalue weighted by Crippen LogP contribution is 2.14. The van der Waals surface area contributed by atoms with Gasteiger partial charge in [0.1, 0.15) is 0 Å². The Balaban J connectivity index is 2.62. The number of hydrogen-bond acceptors (Lipinski definition) is 3. The Morgan fingerprint density at radius 1 is 1.24 bits per heavy atom. The lowest BCUT2D eigenvalue weighted by atomic mass is 10.2. The van der Waals surface area contributed by atoms with Crippen LogP contribution in [0.1, 0.15) is 20.8 Å². The Morgan fingerprint density at radius 3 is 2.38 bits per heavy atom. The molecule has 0 spiro atoms. The number of anilines is 1. The van der Waals surface area contributed by atoms with Crippen molar-refractivity contribution in [3.63, 3.8) is 0 Å². The first kappa shape index (κ1) is 17.7. The number of nitrogens with one attached hydrogen (secondary N) is 2. The van der Waals surface area contributed by atoms with Gasteiger partial charge >= 0.3 is 0 Å². The molecule has 0 heterocycles. The van der Waals surface area contributed by atoms with Crippen LogP contribution in [0, 0.1) is 0 Å². The molecule has 0 fully saturated rings. The summed E-state index contributed by atoms with van der Waals surface area (Å²) in [5.74, 6) is -0.189. The van der Waals surface area contributed by atoms with Crippen LogP contribution in [0.5, 0.6) is 0 Å². The van der Waals surface area contributed by atoms with E-state index in [9.17, 15) is 9.59 Å². The number of nitrogens with zero attached hydrogens (tertiary/aromatic N) is 1. The second kappa shape index (κ2) is 8.79. The van der Waals surface area contributed by atoms with Crippen LogP contribution in [0.15, 0.2) is 28.7 Å². The van der Waals surface area contributed by atoms with Crippen LogP contribution in [0.25, 0.3) is 0 Å². The molecule has 0 aliphatic carbocycles. The van der Waals surface area contributed by atoms with Gasteiger partial charge in [0.25, 0.3) is 0 Å². The minimum absolute atomic E-state index is 0.0670. The second-order valence-electron chi connectivity index (χ2n) is 4.69. The average Bonchev–Trinajstić information content (AvgIpc) is 2.46. The van der Waals surface area contributed by atoms with Gasteiger partial charge in [0.05, 0.1) is 12.6 Å². The van der Waals surface area contributed by atoms with Gasteiger partial charge in [0, 0.05) is 16.7 Å². The first-order chi connectivity index (χ1) is 9.97. The van der Waals surface area contributed by atoms with E-state index in [1.54, 1.807) is 6.92 Å². The summed E-state index contributed by atoms with van der Waals surface area (Å²) >= 11 is 3.35. The number of amides is 2. The van der Waals surface area contributed by atoms with Crippen molar-refractivity contribution in [1.29, 1.82) is 0 Å². The number of hydrogen-bond donors (Lipinski definition) is 2. The van der Waals surface area contributed by atoms with E-state index in [1.807, 2.05) is 43.0 Å². The third-order valence-electron chi connectivity index (χ3n) is 3.17. The quantitative estimate of drug-likeness (QED) is 0.788. The highest BCUT2D eigenvalue weighted by atomic mass is 79.9. The zero-order valence-electron chi connectivity index (χ0n) is 12.6. The van der Waals surface area contributed by atoms with Crippen LogP contribution in [0.2, 0.25) is 0 Å². The van der Waals surface area contributed by atoms with Gasteiger partial charge in [-0.2, -0.15) is 0 Å². The van der Waals surface area contributed by atoms with Gasteiger partial charge in [-0.05, 0) is 44.7 Å². The van der Waals surface area contributed by atoms with Crippen LogP contribution in [-0.2, 0) is 9.59 Å². The van der Waals surface area contributed by atoms with Crippen molar-refractivity contribution in [2.75, 3.05) is 25.0 Å². The molecule has 0 aromatic heterocycles. The van der Waals surface area contributed by atoms with E-state index in [2.05, 4.69) is 26.6 Å². The van der Waals surface area contributed by atoms with Gasteiger partial charge in [0.15, 0.2) is 0 Å².